The van der Waals surface area contributed by atoms with Gasteiger partial charge in [-0.25, -0.2) is 0 Å². The lowest BCUT2D eigenvalue weighted by Crippen LogP contribution is -2.62. The van der Waals surface area contributed by atoms with Gasteiger partial charge >= 0.3 is 0 Å². The summed E-state index contributed by atoms with van der Waals surface area (Å²) in [6.45, 7) is 9.83. The van der Waals surface area contributed by atoms with Gasteiger partial charge in [0.2, 0.25) is 0 Å². The molecule has 0 aromatic carbocycles. The van der Waals surface area contributed by atoms with E-state index in [-0.39, 0.29) is 0 Å². The average Bonchev–Trinajstić information content (AvgIpc) is 2.63. The summed E-state index contributed by atoms with van der Waals surface area (Å²) < 4.78 is 0. The molecule has 2 bridgehead atoms. The van der Waals surface area contributed by atoms with Crippen LogP contribution in [0.5, 0.6) is 0 Å². The second-order valence-electron chi connectivity index (χ2n) is 6.63. The molecule has 0 aromatic rings. The summed E-state index contributed by atoms with van der Waals surface area (Å²) >= 11 is 0. The van der Waals surface area contributed by atoms with Crippen molar-refractivity contribution < 1.29 is 0 Å². The van der Waals surface area contributed by atoms with Gasteiger partial charge in [-0.05, 0) is 49.5 Å². The molecule has 0 radical (unpaired) electrons. The highest BCUT2D eigenvalue weighted by atomic mass is 15.0. The zero-order valence-electron chi connectivity index (χ0n) is 11.1. The molecule has 1 heteroatoms. The van der Waals surface area contributed by atoms with E-state index in [1.807, 2.05) is 0 Å². The van der Waals surface area contributed by atoms with Crippen molar-refractivity contribution in [1.29, 1.82) is 0 Å². The summed E-state index contributed by atoms with van der Waals surface area (Å²) in [5.41, 5.74) is 1.41. The van der Waals surface area contributed by atoms with Gasteiger partial charge in [0.25, 0.3) is 0 Å². The molecule has 2 saturated carbocycles. The molecule has 0 aromatic heterocycles. The van der Waals surface area contributed by atoms with Crippen LogP contribution in [0.1, 0.15) is 59.8 Å². The first-order valence-corrected chi connectivity index (χ1v) is 6.62. The Morgan fingerprint density at radius 2 is 1.93 bits per heavy atom. The predicted octanol–water partition coefficient (Wildman–Crippen LogP) is 3.59. The highest BCUT2D eigenvalue weighted by Crippen LogP contribution is 2.69. The van der Waals surface area contributed by atoms with E-state index in [9.17, 15) is 0 Å². The second-order valence-corrected chi connectivity index (χ2v) is 6.63. The molecule has 3 unspecified atom stereocenters. The van der Waals surface area contributed by atoms with Crippen molar-refractivity contribution >= 4 is 0 Å². The van der Waals surface area contributed by atoms with Crippen LogP contribution in [0, 0.1) is 16.7 Å². The van der Waals surface area contributed by atoms with Gasteiger partial charge < -0.3 is 5.32 Å². The van der Waals surface area contributed by atoms with Crippen molar-refractivity contribution in [3.63, 3.8) is 0 Å². The van der Waals surface area contributed by atoms with Crippen LogP contribution in [0.3, 0.4) is 0 Å². The molecule has 0 aliphatic heterocycles. The molecule has 0 heterocycles. The SMILES string of the molecule is CCCC1(NC)C2(C)CCC(C2)C1(C)C. The summed E-state index contributed by atoms with van der Waals surface area (Å²) in [6.07, 6.45) is 6.97. The summed E-state index contributed by atoms with van der Waals surface area (Å²) in [7, 11) is 2.18. The topological polar surface area (TPSA) is 12.0 Å². The Morgan fingerprint density at radius 3 is 2.33 bits per heavy atom. The molecule has 2 fully saturated rings. The summed E-state index contributed by atoms with van der Waals surface area (Å²) in [6, 6.07) is 0. The average molecular weight is 209 g/mol. The van der Waals surface area contributed by atoms with Crippen molar-refractivity contribution in [1.82, 2.24) is 5.32 Å². The monoisotopic (exact) mass is 209 g/mol. The van der Waals surface area contributed by atoms with Gasteiger partial charge in [0, 0.05) is 5.54 Å². The Kier molecular flexibility index (Phi) is 2.46. The van der Waals surface area contributed by atoms with Gasteiger partial charge in [-0.3, -0.25) is 0 Å². The van der Waals surface area contributed by atoms with Crippen LogP contribution < -0.4 is 5.32 Å². The van der Waals surface area contributed by atoms with Crippen LogP contribution in [0.15, 0.2) is 0 Å². The fraction of sp³-hybridized carbons (Fsp3) is 1.00. The van der Waals surface area contributed by atoms with E-state index in [1.165, 1.54) is 32.1 Å². The maximum atomic E-state index is 3.74. The van der Waals surface area contributed by atoms with Crippen LogP contribution in [-0.2, 0) is 0 Å². The van der Waals surface area contributed by atoms with E-state index >= 15 is 0 Å². The van der Waals surface area contributed by atoms with Crippen LogP contribution in [-0.4, -0.2) is 12.6 Å². The number of nitrogens with one attached hydrogen (secondary N) is 1. The number of hydrogen-bond donors (Lipinski definition) is 1. The molecule has 3 atom stereocenters. The Balaban J connectivity index is 2.43. The molecular formula is C14H27N. The molecule has 2 aliphatic rings. The largest absolute Gasteiger partial charge is 0.313 e. The Morgan fingerprint density at radius 1 is 1.27 bits per heavy atom. The Bertz CT molecular complexity index is 251. The molecule has 1 nitrogen and oxygen atoms in total. The van der Waals surface area contributed by atoms with Gasteiger partial charge in [0.15, 0.2) is 0 Å². The van der Waals surface area contributed by atoms with Crippen LogP contribution in [0.2, 0.25) is 0 Å². The third kappa shape index (κ3) is 1.13. The quantitative estimate of drug-likeness (QED) is 0.749. The van der Waals surface area contributed by atoms with Crippen molar-refractivity contribution in [3.05, 3.63) is 0 Å². The minimum Gasteiger partial charge on any atom is -0.313 e. The number of hydrogen-bond acceptors (Lipinski definition) is 1. The minimum atomic E-state index is 0.387. The second kappa shape index (κ2) is 3.23. The fourth-order valence-electron chi connectivity index (χ4n) is 5.12. The lowest BCUT2D eigenvalue weighted by atomic mass is 9.56. The van der Waals surface area contributed by atoms with E-state index in [1.54, 1.807) is 0 Å². The third-order valence-electron chi connectivity index (χ3n) is 5.94. The lowest BCUT2D eigenvalue weighted by molar-refractivity contribution is 0.00289. The van der Waals surface area contributed by atoms with Gasteiger partial charge in [0.05, 0.1) is 0 Å². The predicted molar refractivity (Wildman–Crippen MR) is 65.9 cm³/mol. The molecule has 2 aliphatic carbocycles. The molecule has 2 rings (SSSR count). The smallest absolute Gasteiger partial charge is 0.0286 e. The molecule has 0 saturated heterocycles. The van der Waals surface area contributed by atoms with E-state index in [4.69, 9.17) is 0 Å². The minimum absolute atomic E-state index is 0.387. The standard InChI is InChI=1S/C14H27N/c1-6-8-14(15-5)12(2,3)11-7-9-13(14,4)10-11/h11,15H,6-10H2,1-5H3. The fourth-order valence-corrected chi connectivity index (χ4v) is 5.12. The van der Waals surface area contributed by atoms with Gasteiger partial charge in [-0.15, -0.1) is 0 Å². The van der Waals surface area contributed by atoms with Crippen molar-refractivity contribution in [2.24, 2.45) is 16.7 Å². The van der Waals surface area contributed by atoms with Crippen LogP contribution >= 0.6 is 0 Å². The van der Waals surface area contributed by atoms with E-state index in [0.717, 1.165) is 5.92 Å². The van der Waals surface area contributed by atoms with Gasteiger partial charge in [-0.2, -0.15) is 0 Å². The lowest BCUT2D eigenvalue weighted by Gasteiger charge is -2.55. The van der Waals surface area contributed by atoms with E-state index < -0.39 is 0 Å². The maximum absolute atomic E-state index is 3.74. The highest BCUT2D eigenvalue weighted by Gasteiger charge is 2.67. The zero-order chi connectivity index (χ0) is 11.3. The first-order chi connectivity index (χ1) is 6.93. The summed E-state index contributed by atoms with van der Waals surface area (Å²) in [5.74, 6) is 0.946. The first kappa shape index (κ1) is 11.4. The maximum Gasteiger partial charge on any atom is 0.0286 e. The summed E-state index contributed by atoms with van der Waals surface area (Å²) in [4.78, 5) is 0. The Hall–Kier alpha value is -0.0400. The van der Waals surface area contributed by atoms with E-state index in [2.05, 4.69) is 40.1 Å². The van der Waals surface area contributed by atoms with Crippen molar-refractivity contribution in [2.75, 3.05) is 7.05 Å². The number of rotatable bonds is 3. The Labute approximate surface area is 95.0 Å². The molecule has 1 N–H and O–H groups in total. The molecular weight excluding hydrogens is 182 g/mol. The van der Waals surface area contributed by atoms with E-state index in [0.29, 0.717) is 16.4 Å². The molecule has 88 valence electrons. The normalized spacial score (nSPS) is 47.4. The third-order valence-corrected chi connectivity index (χ3v) is 5.94. The van der Waals surface area contributed by atoms with Crippen molar-refractivity contribution in [3.8, 4) is 0 Å². The molecule has 0 spiro atoms. The molecule has 0 amide bonds. The summed E-state index contributed by atoms with van der Waals surface area (Å²) in [5, 5.41) is 3.74. The van der Waals surface area contributed by atoms with Crippen molar-refractivity contribution in [2.45, 2.75) is 65.3 Å². The number of fused-ring (bicyclic) bond motifs is 2. The van der Waals surface area contributed by atoms with Crippen LogP contribution in [0.25, 0.3) is 0 Å². The van der Waals surface area contributed by atoms with Gasteiger partial charge in [0.1, 0.15) is 0 Å². The zero-order valence-corrected chi connectivity index (χ0v) is 11.1. The van der Waals surface area contributed by atoms with Gasteiger partial charge in [-0.1, -0.05) is 34.1 Å². The van der Waals surface area contributed by atoms with Crippen LogP contribution in [0.4, 0.5) is 0 Å². The molecule has 15 heavy (non-hydrogen) atoms. The highest BCUT2D eigenvalue weighted by molar-refractivity contribution is 5.21. The first-order valence-electron chi connectivity index (χ1n) is 6.62.